The Morgan fingerprint density at radius 1 is 1.32 bits per heavy atom. The van der Waals surface area contributed by atoms with Crippen LogP contribution in [0, 0.1) is 0 Å². The first kappa shape index (κ1) is 19.2. The highest BCUT2D eigenvalue weighted by Crippen LogP contribution is 2.24. The molecule has 6 nitrogen and oxygen atoms in total. The molecular weight excluding hydrogens is 284 g/mol. The number of hydrogen-bond donors (Lipinski definition) is 1. The van der Waals surface area contributed by atoms with Gasteiger partial charge in [0.15, 0.2) is 0 Å². The van der Waals surface area contributed by atoms with Gasteiger partial charge in [-0.3, -0.25) is 0 Å². The van der Waals surface area contributed by atoms with Gasteiger partial charge in [0.2, 0.25) is 0 Å². The summed E-state index contributed by atoms with van der Waals surface area (Å²) in [5.41, 5.74) is -1.20. The van der Waals surface area contributed by atoms with Gasteiger partial charge in [-0.1, -0.05) is 0 Å². The summed E-state index contributed by atoms with van der Waals surface area (Å²) < 4.78 is 10.4. The van der Waals surface area contributed by atoms with Gasteiger partial charge in [0.05, 0.1) is 5.60 Å². The molecule has 0 radical (unpaired) electrons. The van der Waals surface area contributed by atoms with Crippen molar-refractivity contribution in [3.8, 4) is 0 Å². The molecule has 0 aliphatic carbocycles. The van der Waals surface area contributed by atoms with Gasteiger partial charge in [0, 0.05) is 39.9 Å². The second kappa shape index (κ2) is 8.13. The summed E-state index contributed by atoms with van der Waals surface area (Å²) in [7, 11) is 3.70. The van der Waals surface area contributed by atoms with E-state index in [4.69, 9.17) is 9.47 Å². The summed E-state index contributed by atoms with van der Waals surface area (Å²) in [5.74, 6) is 0. The van der Waals surface area contributed by atoms with E-state index in [1.807, 2.05) is 27.8 Å². The molecule has 6 heteroatoms. The number of piperidine rings is 1. The van der Waals surface area contributed by atoms with Crippen molar-refractivity contribution in [1.29, 1.82) is 0 Å². The smallest absolute Gasteiger partial charge is 0.410 e. The molecular formula is C16H32N2O4. The number of ether oxygens (including phenoxy) is 2. The molecule has 0 saturated carbocycles. The van der Waals surface area contributed by atoms with Crippen molar-refractivity contribution < 1.29 is 19.4 Å². The SMILES string of the molecule is COCCCN(C)CC1(O)CCN(C(=O)OC(C)(C)C)CC1. The van der Waals surface area contributed by atoms with E-state index in [9.17, 15) is 9.90 Å². The van der Waals surface area contributed by atoms with Crippen molar-refractivity contribution >= 4 is 6.09 Å². The molecule has 0 aromatic carbocycles. The molecule has 1 fully saturated rings. The number of amides is 1. The van der Waals surface area contributed by atoms with E-state index in [1.165, 1.54) is 0 Å². The number of carbonyl (C=O) groups excluding carboxylic acids is 1. The monoisotopic (exact) mass is 316 g/mol. The predicted octanol–water partition coefficient (Wildman–Crippen LogP) is 1.72. The summed E-state index contributed by atoms with van der Waals surface area (Å²) >= 11 is 0. The Morgan fingerprint density at radius 2 is 1.91 bits per heavy atom. The molecule has 0 spiro atoms. The maximum atomic E-state index is 12.0. The summed E-state index contributed by atoms with van der Waals surface area (Å²) in [6.07, 6.45) is 1.83. The van der Waals surface area contributed by atoms with Gasteiger partial charge in [-0.2, -0.15) is 0 Å². The molecule has 1 aliphatic rings. The van der Waals surface area contributed by atoms with Gasteiger partial charge in [-0.15, -0.1) is 0 Å². The molecule has 1 aliphatic heterocycles. The standard InChI is InChI=1S/C16H32N2O4/c1-15(2,3)22-14(19)18-10-7-16(20,8-11-18)13-17(4)9-6-12-21-5/h20H,6-13H2,1-5H3. The zero-order valence-electron chi connectivity index (χ0n) is 14.7. The first-order chi connectivity index (χ1) is 10.2. The topological polar surface area (TPSA) is 62.2 Å². The van der Waals surface area contributed by atoms with E-state index in [2.05, 4.69) is 4.90 Å². The summed E-state index contributed by atoms with van der Waals surface area (Å²) in [6, 6.07) is 0. The van der Waals surface area contributed by atoms with Crippen molar-refractivity contribution in [2.75, 3.05) is 46.9 Å². The van der Waals surface area contributed by atoms with Crippen LogP contribution in [0.3, 0.4) is 0 Å². The number of nitrogens with zero attached hydrogens (tertiary/aromatic N) is 2. The largest absolute Gasteiger partial charge is 0.444 e. The van der Waals surface area contributed by atoms with Gasteiger partial charge in [0.1, 0.15) is 5.60 Å². The number of likely N-dealkylation sites (N-methyl/N-ethyl adjacent to an activating group) is 1. The molecule has 22 heavy (non-hydrogen) atoms. The lowest BCUT2D eigenvalue weighted by Crippen LogP contribution is -2.52. The number of carbonyl (C=O) groups is 1. The molecule has 0 atom stereocenters. The minimum absolute atomic E-state index is 0.289. The fourth-order valence-electron chi connectivity index (χ4n) is 2.65. The molecule has 1 amide bonds. The second-order valence-corrected chi connectivity index (χ2v) is 7.28. The van der Waals surface area contributed by atoms with Crippen LogP contribution in [0.15, 0.2) is 0 Å². The Balaban J connectivity index is 2.38. The van der Waals surface area contributed by atoms with Gasteiger partial charge < -0.3 is 24.4 Å². The van der Waals surface area contributed by atoms with E-state index in [-0.39, 0.29) is 6.09 Å². The van der Waals surface area contributed by atoms with Crippen LogP contribution < -0.4 is 0 Å². The van der Waals surface area contributed by atoms with Crippen molar-refractivity contribution in [2.24, 2.45) is 0 Å². The summed E-state index contributed by atoms with van der Waals surface area (Å²) in [4.78, 5) is 15.8. The molecule has 1 rings (SSSR count). The maximum Gasteiger partial charge on any atom is 0.410 e. The molecule has 1 N–H and O–H groups in total. The van der Waals surface area contributed by atoms with E-state index >= 15 is 0 Å². The Hall–Kier alpha value is -0.850. The number of methoxy groups -OCH3 is 1. The quantitative estimate of drug-likeness (QED) is 0.756. The molecule has 1 saturated heterocycles. The fourth-order valence-corrected chi connectivity index (χ4v) is 2.65. The van der Waals surface area contributed by atoms with E-state index < -0.39 is 11.2 Å². The van der Waals surface area contributed by atoms with Gasteiger partial charge >= 0.3 is 6.09 Å². The second-order valence-electron chi connectivity index (χ2n) is 7.28. The first-order valence-corrected chi connectivity index (χ1v) is 8.03. The van der Waals surface area contributed by atoms with Crippen LogP contribution >= 0.6 is 0 Å². The normalized spacial score (nSPS) is 18.6. The number of aliphatic hydroxyl groups is 1. The third kappa shape index (κ3) is 6.94. The van der Waals surface area contributed by atoms with Gasteiger partial charge in [-0.25, -0.2) is 4.79 Å². The molecule has 0 aromatic rings. The van der Waals surface area contributed by atoms with Crippen LogP contribution in [0.5, 0.6) is 0 Å². The Kier molecular flexibility index (Phi) is 7.09. The highest BCUT2D eigenvalue weighted by Gasteiger charge is 2.36. The highest BCUT2D eigenvalue weighted by atomic mass is 16.6. The average molecular weight is 316 g/mol. The van der Waals surface area contributed by atoms with E-state index in [0.29, 0.717) is 32.5 Å². The summed E-state index contributed by atoms with van der Waals surface area (Å²) in [6.45, 7) is 8.91. The zero-order chi connectivity index (χ0) is 16.8. The lowest BCUT2D eigenvalue weighted by atomic mass is 9.91. The third-order valence-electron chi connectivity index (χ3n) is 3.80. The van der Waals surface area contributed by atoms with Crippen LogP contribution in [0.4, 0.5) is 4.79 Å². The Bertz CT molecular complexity index is 347. The molecule has 1 heterocycles. The van der Waals surface area contributed by atoms with Crippen LogP contribution in [0.25, 0.3) is 0 Å². The van der Waals surface area contributed by atoms with Crippen LogP contribution in [0.2, 0.25) is 0 Å². The Morgan fingerprint density at radius 3 is 2.41 bits per heavy atom. The molecule has 130 valence electrons. The molecule has 0 unspecified atom stereocenters. The minimum atomic E-state index is -0.722. The molecule has 0 aromatic heterocycles. The fraction of sp³-hybridized carbons (Fsp3) is 0.938. The zero-order valence-corrected chi connectivity index (χ0v) is 14.7. The van der Waals surface area contributed by atoms with E-state index in [0.717, 1.165) is 19.6 Å². The van der Waals surface area contributed by atoms with Gasteiger partial charge in [0.25, 0.3) is 0 Å². The van der Waals surface area contributed by atoms with Gasteiger partial charge in [-0.05, 0) is 47.1 Å². The van der Waals surface area contributed by atoms with Crippen molar-refractivity contribution in [3.05, 3.63) is 0 Å². The Labute approximate surface area is 134 Å². The van der Waals surface area contributed by atoms with E-state index in [1.54, 1.807) is 12.0 Å². The van der Waals surface area contributed by atoms with Crippen LogP contribution in [0.1, 0.15) is 40.0 Å². The molecule has 0 bridgehead atoms. The van der Waals surface area contributed by atoms with Crippen molar-refractivity contribution in [3.63, 3.8) is 0 Å². The lowest BCUT2D eigenvalue weighted by molar-refractivity contribution is -0.0472. The maximum absolute atomic E-state index is 12.0. The van der Waals surface area contributed by atoms with Crippen LogP contribution in [-0.2, 0) is 9.47 Å². The van der Waals surface area contributed by atoms with Crippen molar-refractivity contribution in [1.82, 2.24) is 9.80 Å². The number of rotatable bonds is 6. The predicted molar refractivity (Wildman–Crippen MR) is 86.0 cm³/mol. The lowest BCUT2D eigenvalue weighted by Gasteiger charge is -2.40. The highest BCUT2D eigenvalue weighted by molar-refractivity contribution is 5.68. The minimum Gasteiger partial charge on any atom is -0.444 e. The number of likely N-dealkylation sites (tertiary alicyclic amines) is 1. The summed E-state index contributed by atoms with van der Waals surface area (Å²) in [5, 5.41) is 10.7. The number of hydrogen-bond acceptors (Lipinski definition) is 5. The third-order valence-corrected chi connectivity index (χ3v) is 3.80. The van der Waals surface area contributed by atoms with Crippen LogP contribution in [-0.4, -0.2) is 79.1 Å². The first-order valence-electron chi connectivity index (χ1n) is 8.03. The van der Waals surface area contributed by atoms with Crippen molar-refractivity contribution in [2.45, 2.75) is 51.2 Å². The average Bonchev–Trinajstić information content (AvgIpc) is 2.37.